The van der Waals surface area contributed by atoms with Gasteiger partial charge in [-0.2, -0.15) is 0 Å². The van der Waals surface area contributed by atoms with Gasteiger partial charge in [0.05, 0.1) is 6.42 Å². The highest BCUT2D eigenvalue weighted by molar-refractivity contribution is 5.78. The molecule has 4 aliphatic rings. The first kappa shape index (κ1) is 10.9. The second-order valence-electron chi connectivity index (χ2n) is 5.08. The van der Waals surface area contributed by atoms with E-state index in [-0.39, 0.29) is 5.60 Å². The minimum atomic E-state index is -0.0918. The molecule has 0 saturated carbocycles. The van der Waals surface area contributed by atoms with E-state index < -0.39 is 0 Å². The van der Waals surface area contributed by atoms with Gasteiger partial charge in [-0.1, -0.05) is 11.1 Å². The van der Waals surface area contributed by atoms with Gasteiger partial charge in [0.2, 0.25) is 5.90 Å². The Hall–Kier alpha value is -1.21. The van der Waals surface area contributed by atoms with Gasteiger partial charge in [0.1, 0.15) is 0 Å². The zero-order chi connectivity index (χ0) is 11.7. The Bertz CT molecular complexity index is 388. The summed E-state index contributed by atoms with van der Waals surface area (Å²) in [4.78, 5) is 8.21. The summed E-state index contributed by atoms with van der Waals surface area (Å²) < 4.78 is 5.51. The molecule has 92 valence electrons. The van der Waals surface area contributed by atoms with Crippen molar-refractivity contribution in [2.75, 3.05) is 26.2 Å². The minimum absolute atomic E-state index is 0.0918. The van der Waals surface area contributed by atoms with Crippen molar-refractivity contribution in [3.63, 3.8) is 0 Å². The molecule has 0 radical (unpaired) electrons. The lowest BCUT2D eigenvalue weighted by Crippen LogP contribution is -2.59. The molecule has 4 heterocycles. The molecular formula is C13H18N2O2. The maximum Gasteiger partial charge on any atom is 0.230 e. The number of oxime groups is 1. The average molecular weight is 234 g/mol. The zero-order valence-corrected chi connectivity index (χ0v) is 10.2. The van der Waals surface area contributed by atoms with Gasteiger partial charge in [0.25, 0.3) is 0 Å². The van der Waals surface area contributed by atoms with E-state index in [2.05, 4.69) is 21.9 Å². The van der Waals surface area contributed by atoms with Crippen molar-refractivity contribution in [1.82, 2.24) is 4.90 Å². The molecule has 0 aliphatic carbocycles. The van der Waals surface area contributed by atoms with Crippen molar-refractivity contribution < 1.29 is 9.57 Å². The molecule has 3 fully saturated rings. The molecule has 1 spiro atoms. The van der Waals surface area contributed by atoms with Crippen LogP contribution in [0, 0.1) is 17.8 Å². The molecule has 4 rings (SSSR count). The van der Waals surface area contributed by atoms with Crippen LogP contribution < -0.4 is 0 Å². The summed E-state index contributed by atoms with van der Waals surface area (Å²) in [5.74, 6) is 7.06. The van der Waals surface area contributed by atoms with E-state index in [0.29, 0.717) is 12.5 Å². The van der Waals surface area contributed by atoms with E-state index in [1.807, 2.05) is 6.92 Å². The lowest BCUT2D eigenvalue weighted by Gasteiger charge is -2.49. The number of hydrogen-bond donors (Lipinski definition) is 0. The van der Waals surface area contributed by atoms with Crippen molar-refractivity contribution in [2.45, 2.75) is 31.8 Å². The quantitative estimate of drug-likeness (QED) is 0.640. The van der Waals surface area contributed by atoms with Crippen LogP contribution in [0.2, 0.25) is 0 Å². The summed E-state index contributed by atoms with van der Waals surface area (Å²) in [6, 6.07) is 0. The Morgan fingerprint density at radius 1 is 1.53 bits per heavy atom. The maximum atomic E-state index is 5.73. The summed E-state index contributed by atoms with van der Waals surface area (Å²) in [6.07, 6.45) is 3.29. The maximum absolute atomic E-state index is 5.73. The number of fused-ring (bicyclic) bond motifs is 2. The van der Waals surface area contributed by atoms with Gasteiger partial charge in [-0.3, -0.25) is 4.90 Å². The van der Waals surface area contributed by atoms with Crippen LogP contribution in [0.1, 0.15) is 26.2 Å². The van der Waals surface area contributed by atoms with Crippen LogP contribution in [0.25, 0.3) is 0 Å². The number of rotatable bonds is 1. The van der Waals surface area contributed by atoms with Crippen LogP contribution in [-0.2, 0) is 9.57 Å². The predicted molar refractivity (Wildman–Crippen MR) is 64.4 cm³/mol. The van der Waals surface area contributed by atoms with E-state index in [1.54, 1.807) is 0 Å². The highest BCUT2D eigenvalue weighted by atomic mass is 16.7. The molecule has 0 aromatic heterocycles. The molecule has 2 bridgehead atoms. The lowest BCUT2D eigenvalue weighted by atomic mass is 9.74. The minimum Gasteiger partial charge on any atom is -0.465 e. The third kappa shape index (κ3) is 1.89. The highest BCUT2D eigenvalue weighted by Gasteiger charge is 2.52. The zero-order valence-electron chi connectivity index (χ0n) is 10.2. The van der Waals surface area contributed by atoms with Gasteiger partial charge < -0.3 is 9.57 Å². The topological polar surface area (TPSA) is 34.1 Å². The van der Waals surface area contributed by atoms with Crippen LogP contribution in [0.5, 0.6) is 0 Å². The summed E-state index contributed by atoms with van der Waals surface area (Å²) >= 11 is 0. The predicted octanol–water partition coefficient (Wildman–Crippen LogP) is 1.22. The highest BCUT2D eigenvalue weighted by Crippen LogP contribution is 2.43. The molecule has 0 amide bonds. The smallest absolute Gasteiger partial charge is 0.230 e. The Balaban J connectivity index is 1.62. The van der Waals surface area contributed by atoms with Crippen molar-refractivity contribution in [3.05, 3.63) is 0 Å². The Kier molecular flexibility index (Phi) is 2.71. The van der Waals surface area contributed by atoms with Crippen LogP contribution in [0.3, 0.4) is 0 Å². The van der Waals surface area contributed by atoms with Gasteiger partial charge in [-0.15, -0.1) is 5.92 Å². The summed E-state index contributed by atoms with van der Waals surface area (Å²) in [5, 5.41) is 4.10. The molecule has 3 saturated heterocycles. The monoisotopic (exact) mass is 234 g/mol. The third-order valence-corrected chi connectivity index (χ3v) is 4.09. The van der Waals surface area contributed by atoms with E-state index in [4.69, 9.17) is 9.57 Å². The summed E-state index contributed by atoms with van der Waals surface area (Å²) in [7, 11) is 0. The second-order valence-corrected chi connectivity index (χ2v) is 5.08. The fourth-order valence-electron chi connectivity index (χ4n) is 3.16. The van der Waals surface area contributed by atoms with Crippen LogP contribution >= 0.6 is 0 Å². The summed E-state index contributed by atoms with van der Waals surface area (Å²) in [6.45, 7) is 5.67. The SMILES string of the molecule is CC#CCOC1=NOC2(C1)CN1CCC2CC1. The first-order chi connectivity index (χ1) is 8.32. The second kappa shape index (κ2) is 4.23. The molecule has 17 heavy (non-hydrogen) atoms. The molecule has 0 aromatic carbocycles. The fourth-order valence-corrected chi connectivity index (χ4v) is 3.16. The Morgan fingerprint density at radius 2 is 2.35 bits per heavy atom. The number of nitrogens with zero attached hydrogens (tertiary/aromatic N) is 2. The molecule has 4 nitrogen and oxygen atoms in total. The third-order valence-electron chi connectivity index (χ3n) is 4.09. The van der Waals surface area contributed by atoms with Crippen molar-refractivity contribution >= 4 is 5.90 Å². The molecule has 1 atom stereocenters. The van der Waals surface area contributed by atoms with Gasteiger partial charge in [0.15, 0.2) is 12.2 Å². The Labute approximate surface area is 102 Å². The fraction of sp³-hybridized carbons (Fsp3) is 0.769. The Morgan fingerprint density at radius 3 is 3.00 bits per heavy atom. The van der Waals surface area contributed by atoms with E-state index >= 15 is 0 Å². The molecule has 4 heteroatoms. The summed E-state index contributed by atoms with van der Waals surface area (Å²) in [5.41, 5.74) is -0.0918. The van der Waals surface area contributed by atoms with Crippen molar-refractivity contribution in [3.8, 4) is 11.8 Å². The first-order valence-electron chi connectivity index (χ1n) is 6.32. The molecule has 1 unspecified atom stereocenters. The van der Waals surface area contributed by atoms with Crippen LogP contribution in [0.4, 0.5) is 0 Å². The lowest BCUT2D eigenvalue weighted by molar-refractivity contribution is -0.136. The van der Waals surface area contributed by atoms with Crippen molar-refractivity contribution in [1.29, 1.82) is 0 Å². The van der Waals surface area contributed by atoms with Crippen LogP contribution in [0.15, 0.2) is 5.16 Å². The number of hydrogen-bond acceptors (Lipinski definition) is 4. The van der Waals surface area contributed by atoms with Gasteiger partial charge in [-0.25, -0.2) is 0 Å². The van der Waals surface area contributed by atoms with Crippen molar-refractivity contribution in [2.24, 2.45) is 11.1 Å². The normalized spacial score (nSPS) is 38.3. The van der Waals surface area contributed by atoms with Gasteiger partial charge in [-0.05, 0) is 32.9 Å². The van der Waals surface area contributed by atoms with Gasteiger partial charge >= 0.3 is 0 Å². The van der Waals surface area contributed by atoms with E-state index in [1.165, 1.54) is 25.9 Å². The first-order valence-corrected chi connectivity index (χ1v) is 6.32. The average Bonchev–Trinajstić information content (AvgIpc) is 2.74. The largest absolute Gasteiger partial charge is 0.465 e. The molecule has 4 aliphatic heterocycles. The molecule has 0 aromatic rings. The molecule has 0 N–H and O–H groups in total. The number of piperidine rings is 3. The van der Waals surface area contributed by atoms with E-state index in [0.717, 1.165) is 18.9 Å². The number of ether oxygens (including phenoxy) is 1. The molecular weight excluding hydrogens is 216 g/mol. The van der Waals surface area contributed by atoms with Gasteiger partial charge in [0, 0.05) is 12.5 Å². The standard InChI is InChI=1S/C13H18N2O2/c1-2-3-8-16-12-9-13(17-14-12)10-15-6-4-11(13)5-7-15/h11H,4-10H2,1H3. The van der Waals surface area contributed by atoms with Crippen LogP contribution in [-0.4, -0.2) is 42.6 Å². The van der Waals surface area contributed by atoms with E-state index in [9.17, 15) is 0 Å².